The maximum Gasteiger partial charge on any atom is 0.315 e. The number of hydrogen-bond donors (Lipinski definition) is 3. The number of rotatable bonds is 8. The molecule has 1 aromatic carbocycles. The molecule has 0 bridgehead atoms. The van der Waals surface area contributed by atoms with Gasteiger partial charge in [-0.05, 0) is 43.2 Å². The summed E-state index contributed by atoms with van der Waals surface area (Å²) in [6.07, 6.45) is 2.11. The third kappa shape index (κ3) is 5.16. The van der Waals surface area contributed by atoms with E-state index in [0.717, 1.165) is 6.42 Å². The average Bonchev–Trinajstić information content (AvgIpc) is 3.23. The second-order valence-corrected chi connectivity index (χ2v) is 6.95. The first-order valence-corrected chi connectivity index (χ1v) is 8.51. The van der Waals surface area contributed by atoms with Crippen LogP contribution in [-0.2, 0) is 0 Å². The maximum atomic E-state index is 13.7. The van der Waals surface area contributed by atoms with Gasteiger partial charge in [0.2, 0.25) is 0 Å². The fourth-order valence-corrected chi connectivity index (χ4v) is 3.15. The van der Waals surface area contributed by atoms with Crippen LogP contribution in [0.4, 0.5) is 13.6 Å². The van der Waals surface area contributed by atoms with Crippen LogP contribution in [0.1, 0.15) is 44.6 Å². The van der Waals surface area contributed by atoms with Gasteiger partial charge in [-0.25, -0.2) is 13.6 Å². The van der Waals surface area contributed by atoms with Gasteiger partial charge in [0.1, 0.15) is 11.6 Å². The summed E-state index contributed by atoms with van der Waals surface area (Å²) < 4.78 is 27.4. The molecular weight excluding hydrogens is 314 g/mol. The number of benzene rings is 1. The number of amides is 2. The van der Waals surface area contributed by atoms with Gasteiger partial charge in [0.15, 0.2) is 0 Å². The molecule has 0 saturated heterocycles. The molecule has 3 atom stereocenters. The lowest BCUT2D eigenvalue weighted by atomic mass is 9.94. The first-order chi connectivity index (χ1) is 11.4. The molecule has 0 aromatic heterocycles. The van der Waals surface area contributed by atoms with E-state index in [1.54, 1.807) is 0 Å². The molecule has 24 heavy (non-hydrogen) atoms. The van der Waals surface area contributed by atoms with Gasteiger partial charge >= 0.3 is 6.03 Å². The van der Waals surface area contributed by atoms with E-state index in [4.69, 9.17) is 5.11 Å². The monoisotopic (exact) mass is 340 g/mol. The molecule has 2 rings (SSSR count). The van der Waals surface area contributed by atoms with Gasteiger partial charge in [0.25, 0.3) is 0 Å². The Balaban J connectivity index is 1.80. The van der Waals surface area contributed by atoms with E-state index in [1.807, 2.05) is 0 Å². The van der Waals surface area contributed by atoms with Gasteiger partial charge in [-0.3, -0.25) is 0 Å². The molecule has 0 radical (unpaired) electrons. The van der Waals surface area contributed by atoms with Crippen molar-refractivity contribution in [2.24, 2.45) is 11.8 Å². The van der Waals surface area contributed by atoms with E-state index in [0.29, 0.717) is 25.3 Å². The lowest BCUT2D eigenvalue weighted by molar-refractivity contribution is 0.224. The van der Waals surface area contributed by atoms with Crippen LogP contribution >= 0.6 is 0 Å². The van der Waals surface area contributed by atoms with Crippen molar-refractivity contribution in [1.82, 2.24) is 10.6 Å². The van der Waals surface area contributed by atoms with E-state index >= 15 is 0 Å². The van der Waals surface area contributed by atoms with Crippen LogP contribution in [0.5, 0.6) is 0 Å². The van der Waals surface area contributed by atoms with E-state index < -0.39 is 11.6 Å². The van der Waals surface area contributed by atoms with Crippen molar-refractivity contribution in [2.45, 2.75) is 45.1 Å². The topological polar surface area (TPSA) is 61.4 Å². The molecule has 1 aliphatic carbocycles. The molecule has 4 nitrogen and oxygen atoms in total. The number of nitrogens with one attached hydrogen (secondary N) is 2. The molecule has 3 unspecified atom stereocenters. The van der Waals surface area contributed by atoms with Crippen molar-refractivity contribution in [3.8, 4) is 0 Å². The van der Waals surface area contributed by atoms with Crippen LogP contribution in [0.15, 0.2) is 18.2 Å². The van der Waals surface area contributed by atoms with E-state index in [2.05, 4.69) is 24.5 Å². The Labute approximate surface area is 141 Å². The zero-order valence-corrected chi connectivity index (χ0v) is 14.2. The van der Waals surface area contributed by atoms with Crippen LogP contribution in [0.2, 0.25) is 0 Å². The first-order valence-electron chi connectivity index (χ1n) is 8.51. The fourth-order valence-electron chi connectivity index (χ4n) is 3.15. The molecule has 0 heterocycles. The van der Waals surface area contributed by atoms with E-state index in [-0.39, 0.29) is 36.1 Å². The molecule has 134 valence electrons. The van der Waals surface area contributed by atoms with Gasteiger partial charge in [0.05, 0.1) is 0 Å². The zero-order chi connectivity index (χ0) is 17.7. The summed E-state index contributed by atoms with van der Waals surface area (Å²) in [4.78, 5) is 12.0. The summed E-state index contributed by atoms with van der Waals surface area (Å²) in [6, 6.07) is 3.24. The molecule has 1 fully saturated rings. The predicted octanol–water partition coefficient (Wildman–Crippen LogP) is 3.16. The summed E-state index contributed by atoms with van der Waals surface area (Å²) in [5.41, 5.74) is 0.0563. The molecule has 6 heteroatoms. The molecule has 0 aliphatic heterocycles. The second kappa shape index (κ2) is 8.42. The molecule has 0 spiro atoms. The van der Waals surface area contributed by atoms with Gasteiger partial charge in [-0.2, -0.15) is 0 Å². The van der Waals surface area contributed by atoms with Crippen LogP contribution in [0.25, 0.3) is 0 Å². The quantitative estimate of drug-likeness (QED) is 0.681. The molecule has 1 saturated carbocycles. The van der Waals surface area contributed by atoms with Crippen molar-refractivity contribution >= 4 is 6.03 Å². The average molecular weight is 340 g/mol. The van der Waals surface area contributed by atoms with Crippen molar-refractivity contribution < 1.29 is 18.7 Å². The smallest absolute Gasteiger partial charge is 0.315 e. The number of aliphatic hydroxyl groups excluding tert-OH is 1. The standard InChI is InChI=1S/C18H26F2N2O2/c1-11(2)8-12(6-7-23)10-21-18(24)22-16-9-13(16)17-14(19)4-3-5-15(17)20/h3-5,11-13,16,23H,6-10H2,1-2H3,(H2,21,22,24). The highest BCUT2D eigenvalue weighted by atomic mass is 19.1. The Bertz CT molecular complexity index is 546. The predicted molar refractivity (Wildman–Crippen MR) is 88.7 cm³/mol. The highest BCUT2D eigenvalue weighted by Crippen LogP contribution is 2.42. The number of hydrogen-bond acceptors (Lipinski definition) is 2. The van der Waals surface area contributed by atoms with Crippen LogP contribution < -0.4 is 10.6 Å². The number of aliphatic hydroxyl groups is 1. The van der Waals surface area contributed by atoms with E-state index in [9.17, 15) is 13.6 Å². The van der Waals surface area contributed by atoms with E-state index in [1.165, 1.54) is 18.2 Å². The lowest BCUT2D eigenvalue weighted by Gasteiger charge is -2.18. The summed E-state index contributed by atoms with van der Waals surface area (Å²) in [5.74, 6) is -0.724. The maximum absolute atomic E-state index is 13.7. The molecule has 1 aliphatic rings. The third-order valence-electron chi connectivity index (χ3n) is 4.37. The molecular formula is C18H26F2N2O2. The normalized spacial score (nSPS) is 20.8. The van der Waals surface area contributed by atoms with Crippen molar-refractivity contribution in [3.05, 3.63) is 35.4 Å². The lowest BCUT2D eigenvalue weighted by Crippen LogP contribution is -2.40. The number of carbonyl (C=O) groups is 1. The third-order valence-corrected chi connectivity index (χ3v) is 4.37. The zero-order valence-electron chi connectivity index (χ0n) is 14.2. The summed E-state index contributed by atoms with van der Waals surface area (Å²) >= 11 is 0. The Hall–Kier alpha value is -1.69. The van der Waals surface area contributed by atoms with Crippen molar-refractivity contribution in [2.75, 3.05) is 13.2 Å². The van der Waals surface area contributed by atoms with Gasteiger partial charge in [-0.1, -0.05) is 19.9 Å². The van der Waals surface area contributed by atoms with Crippen LogP contribution in [0, 0.1) is 23.5 Å². The van der Waals surface area contributed by atoms with Gasteiger partial charge in [-0.15, -0.1) is 0 Å². The van der Waals surface area contributed by atoms with Gasteiger partial charge < -0.3 is 15.7 Å². The minimum atomic E-state index is -0.565. The Morgan fingerprint density at radius 1 is 1.33 bits per heavy atom. The highest BCUT2D eigenvalue weighted by Gasteiger charge is 2.42. The molecule has 2 amide bonds. The highest BCUT2D eigenvalue weighted by molar-refractivity contribution is 5.74. The summed E-state index contributed by atoms with van der Waals surface area (Å²) in [6.45, 7) is 4.78. The van der Waals surface area contributed by atoms with Crippen LogP contribution in [0.3, 0.4) is 0 Å². The Morgan fingerprint density at radius 2 is 2.00 bits per heavy atom. The number of carbonyl (C=O) groups excluding carboxylic acids is 1. The fraction of sp³-hybridized carbons (Fsp3) is 0.611. The first kappa shape index (κ1) is 18.6. The Morgan fingerprint density at radius 3 is 2.58 bits per heavy atom. The Kier molecular flexibility index (Phi) is 6.54. The second-order valence-electron chi connectivity index (χ2n) is 6.95. The minimum Gasteiger partial charge on any atom is -0.396 e. The minimum absolute atomic E-state index is 0.0563. The van der Waals surface area contributed by atoms with Crippen molar-refractivity contribution in [1.29, 1.82) is 0 Å². The van der Waals surface area contributed by atoms with Crippen LogP contribution in [-0.4, -0.2) is 30.3 Å². The SMILES string of the molecule is CC(C)CC(CCO)CNC(=O)NC1CC1c1c(F)cccc1F. The largest absolute Gasteiger partial charge is 0.396 e. The summed E-state index contributed by atoms with van der Waals surface area (Å²) in [7, 11) is 0. The number of urea groups is 1. The summed E-state index contributed by atoms with van der Waals surface area (Å²) in [5, 5.41) is 14.6. The van der Waals surface area contributed by atoms with Crippen molar-refractivity contribution in [3.63, 3.8) is 0 Å². The number of halogens is 2. The molecule has 3 N–H and O–H groups in total. The van der Waals surface area contributed by atoms with Gasteiger partial charge in [0, 0.05) is 30.7 Å². The molecule has 1 aromatic rings.